The average molecular weight is 231 g/mol. The number of carbonyl (C=O) groups excluding carboxylic acids is 2. The fraction of sp³-hybridized carbons (Fsp3) is 0.833. The highest BCUT2D eigenvalue weighted by Crippen LogP contribution is 2.11. The number of amides is 1. The summed E-state index contributed by atoms with van der Waals surface area (Å²) < 4.78 is 4.65. The van der Waals surface area contributed by atoms with Gasteiger partial charge in [0.05, 0.1) is 6.61 Å². The molecule has 96 valence electrons. The Bertz CT molecular complexity index is 207. The number of hydrogen-bond acceptors (Lipinski definition) is 3. The van der Waals surface area contributed by atoms with Crippen molar-refractivity contribution in [3.05, 3.63) is 0 Å². The molecule has 1 amide bonds. The van der Waals surface area contributed by atoms with Gasteiger partial charge in [0, 0.05) is 5.41 Å². The highest BCUT2D eigenvalue weighted by molar-refractivity contribution is 5.85. The molecule has 0 bridgehead atoms. The van der Waals surface area contributed by atoms with E-state index in [1.165, 1.54) is 6.42 Å². The summed E-state index contributed by atoms with van der Waals surface area (Å²) in [5.41, 5.74) is -0.466. The van der Waals surface area contributed by atoms with Gasteiger partial charge in [-0.15, -0.1) is 0 Å². The van der Waals surface area contributed by atoms with Gasteiger partial charge in [0.15, 0.2) is 0 Å². The van der Waals surface area contributed by atoms with Gasteiger partial charge in [0.25, 0.3) is 0 Å². The fourth-order valence-electron chi connectivity index (χ4n) is 0.630. The van der Waals surface area contributed by atoms with Gasteiger partial charge in [-0.3, -0.25) is 9.59 Å². The van der Waals surface area contributed by atoms with Crippen molar-refractivity contribution in [2.24, 2.45) is 5.41 Å². The average Bonchev–Trinajstić information content (AvgIpc) is 2.14. The van der Waals surface area contributed by atoms with E-state index in [4.69, 9.17) is 0 Å². The number of esters is 1. The Morgan fingerprint density at radius 3 is 1.88 bits per heavy atom. The minimum absolute atomic E-state index is 0.0516. The molecule has 0 saturated carbocycles. The first kappa shape index (κ1) is 17.3. The molecule has 0 saturated heterocycles. The van der Waals surface area contributed by atoms with Crippen LogP contribution in [0, 0.1) is 5.41 Å². The zero-order valence-corrected chi connectivity index (χ0v) is 11.3. The van der Waals surface area contributed by atoms with Crippen LogP contribution in [0.4, 0.5) is 0 Å². The Morgan fingerprint density at radius 1 is 1.12 bits per heavy atom. The van der Waals surface area contributed by atoms with Crippen molar-refractivity contribution in [2.45, 2.75) is 48.0 Å². The molecule has 0 aromatic heterocycles. The smallest absolute Gasteiger partial charge is 0.325 e. The molecule has 0 spiro atoms. The molecule has 0 unspecified atom stereocenters. The van der Waals surface area contributed by atoms with E-state index in [-0.39, 0.29) is 12.5 Å². The van der Waals surface area contributed by atoms with Gasteiger partial charge in [0.1, 0.15) is 6.54 Å². The molecule has 0 aliphatic rings. The minimum Gasteiger partial charge on any atom is -0.465 e. The first-order chi connectivity index (χ1) is 7.29. The Hall–Kier alpha value is -1.06. The van der Waals surface area contributed by atoms with E-state index in [1.54, 1.807) is 27.7 Å². The lowest BCUT2D eigenvalue weighted by Crippen LogP contribution is -2.38. The summed E-state index contributed by atoms with van der Waals surface area (Å²) in [5, 5.41) is 2.49. The zero-order chi connectivity index (χ0) is 13.2. The van der Waals surface area contributed by atoms with E-state index in [0.717, 1.165) is 0 Å². The van der Waals surface area contributed by atoms with Crippen molar-refractivity contribution in [1.29, 1.82) is 0 Å². The van der Waals surface area contributed by atoms with E-state index < -0.39 is 11.4 Å². The topological polar surface area (TPSA) is 55.4 Å². The molecule has 4 nitrogen and oxygen atoms in total. The zero-order valence-electron chi connectivity index (χ0n) is 11.3. The maximum absolute atomic E-state index is 11.3. The normalized spacial score (nSPS) is 9.88. The third-order valence-electron chi connectivity index (χ3n) is 1.38. The maximum Gasteiger partial charge on any atom is 0.325 e. The second-order valence-corrected chi connectivity index (χ2v) is 4.44. The summed E-state index contributed by atoms with van der Waals surface area (Å²) in [6, 6.07) is 0. The number of hydrogen-bond donors (Lipinski definition) is 1. The van der Waals surface area contributed by atoms with Crippen molar-refractivity contribution in [2.75, 3.05) is 13.2 Å². The van der Waals surface area contributed by atoms with Crippen LogP contribution in [0.5, 0.6) is 0 Å². The van der Waals surface area contributed by atoms with Crippen LogP contribution >= 0.6 is 0 Å². The van der Waals surface area contributed by atoms with E-state index in [2.05, 4.69) is 23.9 Å². The molecule has 0 aromatic carbocycles. The van der Waals surface area contributed by atoms with E-state index >= 15 is 0 Å². The highest BCUT2D eigenvalue weighted by Gasteiger charge is 2.21. The predicted molar refractivity (Wildman–Crippen MR) is 65.1 cm³/mol. The van der Waals surface area contributed by atoms with E-state index in [1.807, 2.05) is 0 Å². The Kier molecular flexibility index (Phi) is 9.96. The van der Waals surface area contributed by atoms with Crippen LogP contribution in [-0.2, 0) is 14.3 Å². The largest absolute Gasteiger partial charge is 0.465 e. The first-order valence-electron chi connectivity index (χ1n) is 5.73. The standard InChI is InChI=1S/C9H17NO3.C3H8/c1-5-13-7(11)6-10-8(12)9(2,3)4;1-3-2/h5-6H2,1-4H3,(H,10,12);3H2,1-2H3. The van der Waals surface area contributed by atoms with Gasteiger partial charge >= 0.3 is 5.97 Å². The van der Waals surface area contributed by atoms with Crippen LogP contribution in [0.3, 0.4) is 0 Å². The molecule has 16 heavy (non-hydrogen) atoms. The predicted octanol–water partition coefficient (Wildman–Crippen LogP) is 2.13. The Morgan fingerprint density at radius 2 is 1.56 bits per heavy atom. The van der Waals surface area contributed by atoms with Crippen molar-refractivity contribution in [1.82, 2.24) is 5.32 Å². The van der Waals surface area contributed by atoms with Crippen molar-refractivity contribution in [3.63, 3.8) is 0 Å². The second-order valence-electron chi connectivity index (χ2n) is 4.44. The number of carbonyl (C=O) groups is 2. The molecular formula is C12H25NO3. The fourth-order valence-corrected chi connectivity index (χ4v) is 0.630. The van der Waals surface area contributed by atoms with Crippen molar-refractivity contribution >= 4 is 11.9 Å². The molecular weight excluding hydrogens is 206 g/mol. The lowest BCUT2D eigenvalue weighted by molar-refractivity contribution is -0.144. The molecule has 0 fully saturated rings. The number of nitrogens with one attached hydrogen (secondary N) is 1. The van der Waals surface area contributed by atoms with E-state index in [0.29, 0.717) is 6.61 Å². The quantitative estimate of drug-likeness (QED) is 0.757. The summed E-state index contributed by atoms with van der Waals surface area (Å²) in [6.45, 7) is 11.6. The van der Waals surface area contributed by atoms with Gasteiger partial charge in [-0.05, 0) is 6.92 Å². The molecule has 0 aromatic rings. The second kappa shape index (κ2) is 9.19. The van der Waals surface area contributed by atoms with E-state index in [9.17, 15) is 9.59 Å². The van der Waals surface area contributed by atoms with Gasteiger partial charge in [-0.25, -0.2) is 0 Å². The molecule has 4 heteroatoms. The van der Waals surface area contributed by atoms with Crippen LogP contribution in [-0.4, -0.2) is 25.0 Å². The molecule has 0 radical (unpaired) electrons. The Labute approximate surface area is 98.7 Å². The molecule has 0 heterocycles. The molecule has 0 atom stereocenters. The lowest BCUT2D eigenvalue weighted by Gasteiger charge is -2.16. The Balaban J connectivity index is 0. The molecule has 0 aliphatic heterocycles. The molecule has 0 rings (SSSR count). The van der Waals surface area contributed by atoms with Crippen molar-refractivity contribution in [3.8, 4) is 0 Å². The third kappa shape index (κ3) is 11.0. The number of ether oxygens (including phenoxy) is 1. The monoisotopic (exact) mass is 231 g/mol. The van der Waals surface area contributed by atoms with Crippen LogP contribution in [0.1, 0.15) is 48.0 Å². The van der Waals surface area contributed by atoms with Crippen LogP contribution in [0.2, 0.25) is 0 Å². The third-order valence-corrected chi connectivity index (χ3v) is 1.38. The maximum atomic E-state index is 11.3. The van der Waals surface area contributed by atoms with Crippen molar-refractivity contribution < 1.29 is 14.3 Å². The van der Waals surface area contributed by atoms with Gasteiger partial charge in [-0.2, -0.15) is 0 Å². The molecule has 1 N–H and O–H groups in total. The summed E-state index contributed by atoms with van der Waals surface area (Å²) in [4.78, 5) is 22.1. The molecule has 0 aliphatic carbocycles. The van der Waals surface area contributed by atoms with Gasteiger partial charge < -0.3 is 10.1 Å². The van der Waals surface area contributed by atoms with Gasteiger partial charge in [0.2, 0.25) is 5.91 Å². The van der Waals surface area contributed by atoms with Crippen LogP contribution < -0.4 is 5.32 Å². The van der Waals surface area contributed by atoms with Crippen LogP contribution in [0.25, 0.3) is 0 Å². The highest BCUT2D eigenvalue weighted by atomic mass is 16.5. The summed E-state index contributed by atoms with van der Waals surface area (Å²) >= 11 is 0. The first-order valence-corrected chi connectivity index (χ1v) is 5.73. The SMILES string of the molecule is CCC.CCOC(=O)CNC(=O)C(C)(C)C. The van der Waals surface area contributed by atoms with Gasteiger partial charge in [-0.1, -0.05) is 41.0 Å². The summed E-state index contributed by atoms with van der Waals surface area (Å²) in [7, 11) is 0. The van der Waals surface area contributed by atoms with Crippen LogP contribution in [0.15, 0.2) is 0 Å². The lowest BCUT2D eigenvalue weighted by atomic mass is 9.96. The minimum atomic E-state index is -0.466. The summed E-state index contributed by atoms with van der Waals surface area (Å²) in [5.74, 6) is -0.555. The number of rotatable bonds is 3. The summed E-state index contributed by atoms with van der Waals surface area (Å²) in [6.07, 6.45) is 1.25.